The Bertz CT molecular complexity index is 488. The lowest BCUT2D eigenvalue weighted by Crippen LogP contribution is -2.33. The second-order valence-electron chi connectivity index (χ2n) is 4.43. The van der Waals surface area contributed by atoms with Crippen molar-refractivity contribution in [3.63, 3.8) is 0 Å². The third-order valence-corrected chi connectivity index (χ3v) is 4.82. The number of rotatable bonds is 4. The second kappa shape index (κ2) is 4.75. The van der Waals surface area contributed by atoms with E-state index in [0.29, 0.717) is 11.4 Å². The molecule has 17 heavy (non-hydrogen) atoms. The highest BCUT2D eigenvalue weighted by Gasteiger charge is 2.27. The molecule has 0 amide bonds. The number of hydrogen-bond donors (Lipinski definition) is 3. The van der Waals surface area contributed by atoms with Crippen LogP contribution in [0.15, 0.2) is 4.90 Å². The Morgan fingerprint density at radius 3 is 2.71 bits per heavy atom. The minimum Gasteiger partial charge on any atom is -0.325 e. The molecule has 0 unspecified atom stereocenters. The van der Waals surface area contributed by atoms with Crippen LogP contribution < -0.4 is 10.5 Å². The van der Waals surface area contributed by atoms with Crippen LogP contribution in [-0.2, 0) is 16.6 Å². The zero-order chi connectivity index (χ0) is 12.5. The molecule has 4 N–H and O–H groups in total. The molecule has 1 aromatic rings. The Labute approximate surface area is 101 Å². The summed E-state index contributed by atoms with van der Waals surface area (Å²) >= 11 is 0. The molecule has 0 aliphatic heterocycles. The normalized spacial score (nSPS) is 17.8. The van der Waals surface area contributed by atoms with E-state index < -0.39 is 10.0 Å². The van der Waals surface area contributed by atoms with E-state index in [9.17, 15) is 8.42 Å². The van der Waals surface area contributed by atoms with Gasteiger partial charge in [0.05, 0.1) is 11.4 Å². The molecule has 0 radical (unpaired) electrons. The lowest BCUT2D eigenvalue weighted by Gasteiger charge is -2.12. The van der Waals surface area contributed by atoms with E-state index in [-0.39, 0.29) is 17.5 Å². The minimum absolute atomic E-state index is 0.0555. The van der Waals surface area contributed by atoms with E-state index in [2.05, 4.69) is 14.9 Å². The van der Waals surface area contributed by atoms with Crippen LogP contribution in [0.1, 0.15) is 37.1 Å². The topological polar surface area (TPSA) is 101 Å². The largest absolute Gasteiger partial charge is 0.325 e. The van der Waals surface area contributed by atoms with Crippen LogP contribution in [0.3, 0.4) is 0 Å². The molecule has 1 aromatic heterocycles. The highest BCUT2D eigenvalue weighted by Crippen LogP contribution is 2.22. The van der Waals surface area contributed by atoms with Gasteiger partial charge in [0.2, 0.25) is 10.0 Å². The van der Waals surface area contributed by atoms with E-state index in [1.165, 1.54) is 0 Å². The van der Waals surface area contributed by atoms with E-state index in [0.717, 1.165) is 25.7 Å². The number of aromatic nitrogens is 2. The van der Waals surface area contributed by atoms with Crippen molar-refractivity contribution in [2.75, 3.05) is 0 Å². The third kappa shape index (κ3) is 2.51. The number of H-pyrrole nitrogens is 1. The molecule has 0 saturated heterocycles. The fraction of sp³-hybridized carbons (Fsp3) is 0.700. The molecule has 0 atom stereocenters. The van der Waals surface area contributed by atoms with Gasteiger partial charge in [0.1, 0.15) is 4.90 Å². The van der Waals surface area contributed by atoms with Crippen molar-refractivity contribution >= 4 is 10.0 Å². The highest BCUT2D eigenvalue weighted by molar-refractivity contribution is 7.89. The van der Waals surface area contributed by atoms with Gasteiger partial charge in [-0.3, -0.25) is 5.10 Å². The fourth-order valence-electron chi connectivity index (χ4n) is 2.29. The SMILES string of the molecule is Cc1[nH]nc(CN)c1S(=O)(=O)NC1CCCC1. The van der Waals surface area contributed by atoms with Gasteiger partial charge in [-0.2, -0.15) is 5.10 Å². The van der Waals surface area contributed by atoms with E-state index in [4.69, 9.17) is 5.73 Å². The van der Waals surface area contributed by atoms with Crippen LogP contribution in [0.5, 0.6) is 0 Å². The van der Waals surface area contributed by atoms with Gasteiger partial charge >= 0.3 is 0 Å². The van der Waals surface area contributed by atoms with Crippen molar-refractivity contribution in [3.05, 3.63) is 11.4 Å². The van der Waals surface area contributed by atoms with Crippen molar-refractivity contribution in [3.8, 4) is 0 Å². The molecular weight excluding hydrogens is 240 g/mol. The minimum atomic E-state index is -3.50. The van der Waals surface area contributed by atoms with Crippen molar-refractivity contribution < 1.29 is 8.42 Å². The highest BCUT2D eigenvalue weighted by atomic mass is 32.2. The van der Waals surface area contributed by atoms with E-state index in [1.807, 2.05) is 0 Å². The smallest absolute Gasteiger partial charge is 0.244 e. The van der Waals surface area contributed by atoms with Crippen LogP contribution in [0, 0.1) is 6.92 Å². The van der Waals surface area contributed by atoms with E-state index >= 15 is 0 Å². The summed E-state index contributed by atoms with van der Waals surface area (Å²) in [5.74, 6) is 0. The van der Waals surface area contributed by atoms with Crippen LogP contribution >= 0.6 is 0 Å². The van der Waals surface area contributed by atoms with Crippen LogP contribution in [0.4, 0.5) is 0 Å². The molecule has 1 fully saturated rings. The van der Waals surface area contributed by atoms with Crippen LogP contribution in [0.2, 0.25) is 0 Å². The molecule has 1 saturated carbocycles. The maximum atomic E-state index is 12.2. The summed E-state index contributed by atoms with van der Waals surface area (Å²) in [5, 5.41) is 6.58. The fourth-order valence-corrected chi connectivity index (χ4v) is 3.97. The molecule has 1 aliphatic carbocycles. The molecule has 7 heteroatoms. The lowest BCUT2D eigenvalue weighted by atomic mass is 10.3. The van der Waals surface area contributed by atoms with Gasteiger partial charge in [-0.25, -0.2) is 13.1 Å². The first-order valence-electron chi connectivity index (χ1n) is 5.81. The molecule has 0 aromatic carbocycles. The van der Waals surface area contributed by atoms with Crippen molar-refractivity contribution in [2.24, 2.45) is 5.73 Å². The molecule has 1 aliphatic rings. The molecule has 0 spiro atoms. The van der Waals surface area contributed by atoms with Gasteiger partial charge in [0.25, 0.3) is 0 Å². The number of aryl methyl sites for hydroxylation is 1. The molecule has 1 heterocycles. The summed E-state index contributed by atoms with van der Waals surface area (Å²) in [6.07, 6.45) is 3.99. The third-order valence-electron chi connectivity index (χ3n) is 3.10. The monoisotopic (exact) mass is 258 g/mol. The van der Waals surface area contributed by atoms with E-state index in [1.54, 1.807) is 6.92 Å². The number of hydrogen-bond acceptors (Lipinski definition) is 4. The Morgan fingerprint density at radius 2 is 2.12 bits per heavy atom. The quantitative estimate of drug-likeness (QED) is 0.727. The van der Waals surface area contributed by atoms with Gasteiger partial charge < -0.3 is 5.73 Å². The molecule has 2 rings (SSSR count). The number of nitrogens with one attached hydrogen (secondary N) is 2. The average molecular weight is 258 g/mol. The summed E-state index contributed by atoms with van der Waals surface area (Å²) in [7, 11) is -3.50. The maximum Gasteiger partial charge on any atom is 0.244 e. The zero-order valence-corrected chi connectivity index (χ0v) is 10.7. The van der Waals surface area contributed by atoms with Gasteiger partial charge in [0, 0.05) is 12.6 Å². The van der Waals surface area contributed by atoms with Gasteiger partial charge in [-0.15, -0.1) is 0 Å². The maximum absolute atomic E-state index is 12.2. The number of nitrogens with two attached hydrogens (primary N) is 1. The van der Waals surface area contributed by atoms with Crippen LogP contribution in [0.25, 0.3) is 0 Å². The standard InChI is InChI=1S/C10H18N4O2S/c1-7-10(9(6-11)13-12-7)17(15,16)14-8-4-2-3-5-8/h8,14H,2-6,11H2,1H3,(H,12,13). The Balaban J connectivity index is 2.27. The number of aromatic amines is 1. The lowest BCUT2D eigenvalue weighted by molar-refractivity contribution is 0.550. The summed E-state index contributed by atoms with van der Waals surface area (Å²) in [6.45, 7) is 1.81. The van der Waals surface area contributed by atoms with Gasteiger partial charge in [0.15, 0.2) is 0 Å². The predicted octanol–water partition coefficient (Wildman–Crippen LogP) is 0.398. The zero-order valence-electron chi connectivity index (χ0n) is 9.86. The first kappa shape index (κ1) is 12.5. The molecular formula is C10H18N4O2S. The van der Waals surface area contributed by atoms with Crippen molar-refractivity contribution in [1.29, 1.82) is 0 Å². The average Bonchev–Trinajstić information content (AvgIpc) is 2.86. The Hall–Kier alpha value is -0.920. The summed E-state index contributed by atoms with van der Waals surface area (Å²) < 4.78 is 27.2. The first-order valence-corrected chi connectivity index (χ1v) is 7.29. The number of nitrogens with zero attached hydrogens (tertiary/aromatic N) is 1. The summed E-state index contributed by atoms with van der Waals surface area (Å²) in [4.78, 5) is 0.215. The predicted molar refractivity (Wildman–Crippen MR) is 63.8 cm³/mol. The van der Waals surface area contributed by atoms with Gasteiger partial charge in [-0.05, 0) is 19.8 Å². The number of sulfonamides is 1. The van der Waals surface area contributed by atoms with Crippen LogP contribution in [-0.4, -0.2) is 24.7 Å². The molecule has 6 nitrogen and oxygen atoms in total. The molecule has 0 bridgehead atoms. The Kier molecular flexibility index (Phi) is 3.50. The van der Waals surface area contributed by atoms with Crippen molar-refractivity contribution in [2.45, 2.75) is 50.1 Å². The van der Waals surface area contributed by atoms with Crippen molar-refractivity contribution in [1.82, 2.24) is 14.9 Å². The molecule has 96 valence electrons. The first-order chi connectivity index (χ1) is 8.04. The summed E-state index contributed by atoms with van der Waals surface area (Å²) in [6, 6.07) is 0.0555. The second-order valence-corrected chi connectivity index (χ2v) is 6.08. The summed E-state index contributed by atoms with van der Waals surface area (Å²) in [5.41, 5.74) is 6.43. The Morgan fingerprint density at radius 1 is 1.47 bits per heavy atom. The van der Waals surface area contributed by atoms with Gasteiger partial charge in [-0.1, -0.05) is 12.8 Å².